The molecule has 1 unspecified atom stereocenters. The maximum absolute atomic E-state index is 4.62. The third-order valence-electron chi connectivity index (χ3n) is 1.66. The van der Waals surface area contributed by atoms with Crippen molar-refractivity contribution in [1.29, 1.82) is 0 Å². The van der Waals surface area contributed by atoms with Crippen molar-refractivity contribution in [3.8, 4) is 0 Å². The molecule has 0 radical (unpaired) electrons. The summed E-state index contributed by atoms with van der Waals surface area (Å²) in [5.41, 5.74) is 1.58. The predicted octanol–water partition coefficient (Wildman–Crippen LogP) is 1.83. The second kappa shape index (κ2) is 4.74. The lowest BCUT2D eigenvalue weighted by Gasteiger charge is -2.13. The maximum Gasteiger partial charge on any atom is 0.0614 e. The Labute approximate surface area is 62.8 Å². The van der Waals surface area contributed by atoms with E-state index in [4.69, 9.17) is 0 Å². The minimum absolute atomic E-state index is 0.712. The third-order valence-corrected chi connectivity index (χ3v) is 1.83. The van der Waals surface area contributed by atoms with E-state index >= 15 is 0 Å². The summed E-state index contributed by atoms with van der Waals surface area (Å²) in [6.45, 7) is 7.66. The molecule has 0 fully saturated rings. The topological polar surface area (TPSA) is 12.0 Å². The first-order valence-electron chi connectivity index (χ1n) is 3.35. The first kappa shape index (κ1) is 8.89. The van der Waals surface area contributed by atoms with Gasteiger partial charge in [0.15, 0.2) is 0 Å². The van der Waals surface area contributed by atoms with E-state index in [1.807, 2.05) is 0 Å². The lowest BCUT2D eigenvalue weighted by Crippen LogP contribution is -2.21. The number of hydrogen-bond donors (Lipinski definition) is 1. The Balaban J connectivity index is 3.26. The van der Waals surface area contributed by atoms with Gasteiger partial charge in [-0.2, -0.15) is 0 Å². The molecule has 1 atom stereocenters. The Morgan fingerprint density at radius 1 is 1.44 bits per heavy atom. The van der Waals surface area contributed by atoms with Gasteiger partial charge in [-0.15, -0.1) is 0 Å². The highest BCUT2D eigenvalue weighted by molar-refractivity contribution is 7.78. The van der Waals surface area contributed by atoms with Gasteiger partial charge in [-0.25, -0.2) is 0 Å². The van der Waals surface area contributed by atoms with Gasteiger partial charge in [0.05, 0.1) is 5.49 Å². The highest BCUT2D eigenvalue weighted by Crippen LogP contribution is 2.06. The highest BCUT2D eigenvalue weighted by atomic mass is 32.1. The van der Waals surface area contributed by atoms with Crippen molar-refractivity contribution in [1.82, 2.24) is 5.32 Å². The molecule has 0 spiro atoms. The minimum Gasteiger partial charge on any atom is -0.382 e. The van der Waals surface area contributed by atoms with E-state index in [1.54, 1.807) is 5.49 Å². The fourth-order valence-electron chi connectivity index (χ4n) is 0.470. The molecule has 2 heteroatoms. The molecule has 0 aliphatic heterocycles. The second-order valence-electron chi connectivity index (χ2n) is 2.75. The van der Waals surface area contributed by atoms with Crippen LogP contribution < -0.4 is 5.32 Å². The largest absolute Gasteiger partial charge is 0.382 e. The molecule has 0 aromatic heterocycles. The molecule has 0 rings (SSSR count). The summed E-state index contributed by atoms with van der Waals surface area (Å²) < 4.78 is 0. The van der Waals surface area contributed by atoms with Crippen LogP contribution in [0.2, 0.25) is 0 Å². The Morgan fingerprint density at radius 3 is 2.33 bits per heavy atom. The average Bonchev–Trinajstić information content (AvgIpc) is 1.82. The molecule has 0 amide bonds. The molecule has 1 N–H and O–H groups in total. The van der Waals surface area contributed by atoms with Crippen LogP contribution in [-0.2, 0) is 0 Å². The summed E-state index contributed by atoms with van der Waals surface area (Å²) in [5, 5.41) is 3.02. The van der Waals surface area contributed by atoms with Crippen molar-refractivity contribution in [3.05, 3.63) is 0 Å². The van der Waals surface area contributed by atoms with Crippen molar-refractivity contribution in [2.24, 2.45) is 11.8 Å². The molecule has 0 saturated carbocycles. The van der Waals surface area contributed by atoms with Gasteiger partial charge in [0.2, 0.25) is 0 Å². The van der Waals surface area contributed by atoms with E-state index in [9.17, 15) is 0 Å². The van der Waals surface area contributed by atoms with Crippen LogP contribution in [0, 0.1) is 11.8 Å². The second-order valence-corrected chi connectivity index (χ2v) is 2.98. The Morgan fingerprint density at radius 2 is 2.00 bits per heavy atom. The Bertz CT molecular complexity index is 81.0. The van der Waals surface area contributed by atoms with Crippen molar-refractivity contribution >= 4 is 17.7 Å². The molecule has 0 aromatic carbocycles. The fraction of sp³-hybridized carbons (Fsp3) is 0.857. The van der Waals surface area contributed by atoms with E-state index < -0.39 is 0 Å². The smallest absolute Gasteiger partial charge is 0.0614 e. The van der Waals surface area contributed by atoms with E-state index in [1.165, 1.54) is 0 Å². The molecular formula is C7H15NS. The first-order valence-corrected chi connectivity index (χ1v) is 3.82. The van der Waals surface area contributed by atoms with Crippen LogP contribution in [0.15, 0.2) is 0 Å². The van der Waals surface area contributed by atoms with Gasteiger partial charge in [-0.1, -0.05) is 33.0 Å². The van der Waals surface area contributed by atoms with Gasteiger partial charge >= 0.3 is 0 Å². The zero-order valence-corrected chi connectivity index (χ0v) is 7.16. The summed E-state index contributed by atoms with van der Waals surface area (Å²) in [6.07, 6.45) is 0. The van der Waals surface area contributed by atoms with E-state index in [-0.39, 0.29) is 0 Å². The van der Waals surface area contributed by atoms with E-state index in [0.29, 0.717) is 5.92 Å². The van der Waals surface area contributed by atoms with Crippen LogP contribution >= 0.6 is 12.2 Å². The predicted molar refractivity (Wildman–Crippen MR) is 45.7 cm³/mol. The molecular weight excluding hydrogens is 130 g/mol. The summed E-state index contributed by atoms with van der Waals surface area (Å²) in [4.78, 5) is 0. The zero-order valence-electron chi connectivity index (χ0n) is 6.35. The fourth-order valence-corrected chi connectivity index (χ4v) is 0.566. The molecule has 0 aliphatic rings. The van der Waals surface area contributed by atoms with Crippen molar-refractivity contribution in [2.75, 3.05) is 6.54 Å². The van der Waals surface area contributed by atoms with Crippen molar-refractivity contribution < 1.29 is 0 Å². The standard InChI is InChI=1S/C7H15NS/c1-6(2)7(3)4-8-5-9/h5-7H,4H2,1-3H3,(H,8,9). The van der Waals surface area contributed by atoms with Crippen LogP contribution in [-0.4, -0.2) is 12.0 Å². The van der Waals surface area contributed by atoms with Gasteiger partial charge < -0.3 is 5.32 Å². The molecule has 54 valence electrons. The van der Waals surface area contributed by atoms with Gasteiger partial charge in [0.25, 0.3) is 0 Å². The number of rotatable bonds is 4. The lowest BCUT2D eigenvalue weighted by atomic mass is 9.98. The lowest BCUT2D eigenvalue weighted by molar-refractivity contribution is 0.417. The number of nitrogens with one attached hydrogen (secondary N) is 1. The summed E-state index contributed by atoms with van der Waals surface area (Å²) in [7, 11) is 0. The van der Waals surface area contributed by atoms with Crippen LogP contribution in [0.1, 0.15) is 20.8 Å². The number of hydrogen-bond acceptors (Lipinski definition) is 1. The molecule has 1 nitrogen and oxygen atoms in total. The third kappa shape index (κ3) is 4.40. The quantitative estimate of drug-likeness (QED) is 0.606. The minimum atomic E-state index is 0.712. The van der Waals surface area contributed by atoms with Crippen molar-refractivity contribution in [3.63, 3.8) is 0 Å². The van der Waals surface area contributed by atoms with Gasteiger partial charge in [0, 0.05) is 6.54 Å². The molecule has 0 aromatic rings. The van der Waals surface area contributed by atoms with Crippen LogP contribution in [0.25, 0.3) is 0 Å². The Hall–Kier alpha value is -0.110. The zero-order chi connectivity index (χ0) is 7.28. The highest BCUT2D eigenvalue weighted by Gasteiger charge is 2.03. The molecule has 9 heavy (non-hydrogen) atoms. The normalized spacial score (nSPS) is 13.3. The molecule has 0 saturated heterocycles. The van der Waals surface area contributed by atoms with Crippen LogP contribution in [0.5, 0.6) is 0 Å². The monoisotopic (exact) mass is 145 g/mol. The Kier molecular flexibility index (Phi) is 4.68. The molecule has 0 aliphatic carbocycles. The average molecular weight is 145 g/mol. The SMILES string of the molecule is CC(C)C(C)CNC=S. The molecule has 0 bridgehead atoms. The first-order chi connectivity index (χ1) is 4.18. The summed E-state index contributed by atoms with van der Waals surface area (Å²) in [5.74, 6) is 1.46. The molecule has 0 heterocycles. The van der Waals surface area contributed by atoms with Gasteiger partial charge in [-0.05, 0) is 11.8 Å². The summed E-state index contributed by atoms with van der Waals surface area (Å²) in [6, 6.07) is 0. The van der Waals surface area contributed by atoms with Gasteiger partial charge in [-0.3, -0.25) is 0 Å². The van der Waals surface area contributed by atoms with Crippen LogP contribution in [0.3, 0.4) is 0 Å². The van der Waals surface area contributed by atoms with E-state index in [2.05, 4.69) is 38.3 Å². The van der Waals surface area contributed by atoms with Crippen molar-refractivity contribution in [2.45, 2.75) is 20.8 Å². The summed E-state index contributed by atoms with van der Waals surface area (Å²) >= 11 is 4.62. The van der Waals surface area contributed by atoms with Crippen LogP contribution in [0.4, 0.5) is 0 Å². The maximum atomic E-state index is 4.62. The van der Waals surface area contributed by atoms with E-state index in [0.717, 1.165) is 12.5 Å². The van der Waals surface area contributed by atoms with Gasteiger partial charge in [0.1, 0.15) is 0 Å². The number of thiocarbonyl (C=S) groups is 1.